The third kappa shape index (κ3) is 5.32. The maximum absolute atomic E-state index is 4.25. The Labute approximate surface area is 208 Å². The van der Waals surface area contributed by atoms with Crippen LogP contribution in [-0.4, -0.2) is 4.98 Å². The summed E-state index contributed by atoms with van der Waals surface area (Å²) in [5.41, 5.74) is 2.55. The second-order valence-corrected chi connectivity index (χ2v) is 11.7. The van der Waals surface area contributed by atoms with Gasteiger partial charge in [-0.2, -0.15) is 0 Å². The topological polar surface area (TPSA) is 12.9 Å². The van der Waals surface area contributed by atoms with Crippen LogP contribution in [0.15, 0.2) is 48.0 Å². The molecule has 0 saturated carbocycles. The minimum absolute atomic E-state index is 0.871. The molecule has 5 aromatic rings. The largest absolute Gasteiger partial charge is 0.236 e. The lowest BCUT2D eigenvalue weighted by molar-refractivity contribution is 0.575. The number of aromatic nitrogens is 1. The van der Waals surface area contributed by atoms with Crippen LogP contribution in [0.1, 0.15) is 74.4 Å². The Morgan fingerprint density at radius 2 is 1.45 bits per heavy atom. The van der Waals surface area contributed by atoms with Crippen molar-refractivity contribution in [2.45, 2.75) is 64.7 Å². The molecular formula is C29H29NS3. The highest BCUT2D eigenvalue weighted by Crippen LogP contribution is 2.44. The van der Waals surface area contributed by atoms with E-state index in [9.17, 15) is 0 Å². The first-order chi connectivity index (χ1) is 16.3. The summed E-state index contributed by atoms with van der Waals surface area (Å²) < 4.78 is 5.61. The zero-order valence-corrected chi connectivity index (χ0v) is 21.6. The van der Waals surface area contributed by atoms with Gasteiger partial charge in [0, 0.05) is 37.3 Å². The normalized spacial score (nSPS) is 11.4. The lowest BCUT2D eigenvalue weighted by Gasteiger charge is -2.03. The van der Waals surface area contributed by atoms with Crippen molar-refractivity contribution in [3.05, 3.63) is 64.1 Å². The molecule has 0 radical (unpaired) electrons. The van der Waals surface area contributed by atoms with E-state index in [0.29, 0.717) is 0 Å². The lowest BCUT2D eigenvalue weighted by Crippen LogP contribution is -1.86. The van der Waals surface area contributed by atoms with Crippen molar-refractivity contribution >= 4 is 63.6 Å². The molecule has 0 bridgehead atoms. The van der Waals surface area contributed by atoms with Crippen LogP contribution in [0, 0.1) is 11.8 Å². The Morgan fingerprint density at radius 3 is 2.18 bits per heavy atom. The summed E-state index contributed by atoms with van der Waals surface area (Å²) in [6, 6.07) is 13.8. The van der Waals surface area contributed by atoms with Crippen LogP contribution in [0.4, 0.5) is 0 Å². The van der Waals surface area contributed by atoms with Gasteiger partial charge in [0.05, 0.1) is 9.40 Å². The van der Waals surface area contributed by atoms with E-state index in [1.807, 2.05) is 28.1 Å². The van der Waals surface area contributed by atoms with Crippen molar-refractivity contribution < 1.29 is 0 Å². The smallest absolute Gasteiger partial charge is 0.167 e. The number of aryl methyl sites for hydroxylation is 1. The molecule has 3 heterocycles. The van der Waals surface area contributed by atoms with Gasteiger partial charge in [-0.3, -0.25) is 0 Å². The molecule has 0 spiro atoms. The molecule has 0 aliphatic carbocycles. The first-order valence-corrected chi connectivity index (χ1v) is 14.6. The molecule has 1 nitrogen and oxygen atoms in total. The second kappa shape index (κ2) is 10.8. The number of fused-ring (bicyclic) bond motifs is 5. The van der Waals surface area contributed by atoms with E-state index in [1.165, 1.54) is 92.9 Å². The van der Waals surface area contributed by atoms with E-state index in [-0.39, 0.29) is 0 Å². The molecule has 5 rings (SSSR count). The Morgan fingerprint density at radius 1 is 0.758 bits per heavy atom. The van der Waals surface area contributed by atoms with Crippen LogP contribution in [-0.2, 0) is 6.42 Å². The first kappa shape index (κ1) is 22.6. The van der Waals surface area contributed by atoms with Gasteiger partial charge in [-0.15, -0.1) is 34.0 Å². The molecule has 0 fully saturated rings. The van der Waals surface area contributed by atoms with E-state index >= 15 is 0 Å². The lowest BCUT2D eigenvalue weighted by atomic mass is 10.0. The quantitative estimate of drug-likeness (QED) is 0.149. The van der Waals surface area contributed by atoms with Gasteiger partial charge in [0.25, 0.3) is 0 Å². The molecule has 33 heavy (non-hydrogen) atoms. The molecule has 0 aliphatic rings. The predicted octanol–water partition coefficient (Wildman–Crippen LogP) is 9.81. The van der Waals surface area contributed by atoms with E-state index in [0.717, 1.165) is 10.6 Å². The minimum atomic E-state index is 0.871. The third-order valence-corrected chi connectivity index (χ3v) is 9.40. The summed E-state index contributed by atoms with van der Waals surface area (Å²) in [5, 5.41) is 5.61. The SMILES string of the molecule is CCCCCCCCCCc1ccc2c(c1)sc1c3ccc(C#Cc4nccs4)cc3sc21. The van der Waals surface area contributed by atoms with Crippen molar-refractivity contribution in [3.63, 3.8) is 0 Å². The fourth-order valence-corrected chi connectivity index (χ4v) is 7.65. The van der Waals surface area contributed by atoms with Crippen LogP contribution >= 0.6 is 34.0 Å². The molecule has 0 atom stereocenters. The van der Waals surface area contributed by atoms with Gasteiger partial charge in [-0.05, 0) is 42.5 Å². The van der Waals surface area contributed by atoms with Crippen LogP contribution < -0.4 is 0 Å². The van der Waals surface area contributed by atoms with Crippen LogP contribution in [0.3, 0.4) is 0 Å². The monoisotopic (exact) mass is 487 g/mol. The number of hydrogen-bond donors (Lipinski definition) is 0. The molecular weight excluding hydrogens is 459 g/mol. The number of thiophene rings is 2. The second-order valence-electron chi connectivity index (χ2n) is 8.72. The molecule has 0 saturated heterocycles. The number of benzene rings is 2. The Hall–Kier alpha value is -2.19. The van der Waals surface area contributed by atoms with Gasteiger partial charge in [0.15, 0.2) is 5.01 Å². The number of unbranched alkanes of at least 4 members (excludes halogenated alkanes) is 7. The van der Waals surface area contributed by atoms with Crippen molar-refractivity contribution in [2.24, 2.45) is 0 Å². The number of thiazole rings is 1. The highest BCUT2D eigenvalue weighted by molar-refractivity contribution is 7.36. The van der Waals surface area contributed by atoms with Gasteiger partial charge >= 0.3 is 0 Å². The molecule has 0 unspecified atom stereocenters. The average Bonchev–Trinajstić information content (AvgIpc) is 3.55. The minimum Gasteiger partial charge on any atom is -0.236 e. The van der Waals surface area contributed by atoms with Crippen LogP contribution in [0.2, 0.25) is 0 Å². The Kier molecular flexibility index (Phi) is 7.41. The number of rotatable bonds is 9. The summed E-state index contributed by atoms with van der Waals surface area (Å²) >= 11 is 5.44. The molecule has 4 heteroatoms. The highest BCUT2D eigenvalue weighted by Gasteiger charge is 2.12. The first-order valence-electron chi connectivity index (χ1n) is 12.1. The number of nitrogens with zero attached hydrogens (tertiary/aromatic N) is 1. The standard InChI is InChI=1S/C29H29NS3/c1-2-3-4-5-6-7-8-9-10-21-11-14-23-25(19-21)32-29-24-15-12-22(20-26(24)33-28(23)29)13-16-27-30-17-18-31-27/h11-12,14-15,17-20H,2-10H2,1H3. The average molecular weight is 488 g/mol. The Balaban J connectivity index is 1.28. The fourth-order valence-electron chi connectivity index (χ4n) is 4.41. The van der Waals surface area contributed by atoms with E-state index in [4.69, 9.17) is 0 Å². The van der Waals surface area contributed by atoms with E-state index in [1.54, 1.807) is 17.5 Å². The molecule has 168 valence electrons. The summed E-state index contributed by atoms with van der Waals surface area (Å²) in [5.74, 6) is 6.44. The van der Waals surface area contributed by atoms with Gasteiger partial charge in [-0.25, -0.2) is 4.98 Å². The van der Waals surface area contributed by atoms with Gasteiger partial charge < -0.3 is 0 Å². The highest BCUT2D eigenvalue weighted by atomic mass is 32.1. The summed E-state index contributed by atoms with van der Waals surface area (Å²) in [6.07, 6.45) is 14.1. The van der Waals surface area contributed by atoms with Crippen LogP contribution in [0.25, 0.3) is 29.6 Å². The van der Waals surface area contributed by atoms with Crippen LogP contribution in [0.5, 0.6) is 0 Å². The predicted molar refractivity (Wildman–Crippen MR) is 149 cm³/mol. The van der Waals surface area contributed by atoms with Gasteiger partial charge in [0.1, 0.15) is 0 Å². The van der Waals surface area contributed by atoms with Gasteiger partial charge in [-0.1, -0.05) is 76.0 Å². The maximum Gasteiger partial charge on any atom is 0.167 e. The fraction of sp³-hybridized carbons (Fsp3) is 0.345. The molecule has 3 aromatic heterocycles. The third-order valence-electron chi connectivity index (χ3n) is 6.21. The van der Waals surface area contributed by atoms with Crippen molar-refractivity contribution in [1.29, 1.82) is 0 Å². The molecule has 0 amide bonds. The molecule has 0 N–H and O–H groups in total. The molecule has 0 aliphatic heterocycles. The molecule has 2 aromatic carbocycles. The summed E-state index contributed by atoms with van der Waals surface area (Å²) in [7, 11) is 0. The van der Waals surface area contributed by atoms with Gasteiger partial charge in [0.2, 0.25) is 0 Å². The van der Waals surface area contributed by atoms with Crippen molar-refractivity contribution in [2.75, 3.05) is 0 Å². The van der Waals surface area contributed by atoms with Crippen molar-refractivity contribution in [1.82, 2.24) is 4.98 Å². The van der Waals surface area contributed by atoms with E-state index < -0.39 is 0 Å². The summed E-state index contributed by atoms with van der Waals surface area (Å²) in [6.45, 7) is 2.29. The number of hydrogen-bond acceptors (Lipinski definition) is 4. The maximum atomic E-state index is 4.25. The van der Waals surface area contributed by atoms with Crippen molar-refractivity contribution in [3.8, 4) is 11.8 Å². The zero-order chi connectivity index (χ0) is 22.5. The summed E-state index contributed by atoms with van der Waals surface area (Å²) in [4.78, 5) is 4.25. The zero-order valence-electron chi connectivity index (χ0n) is 19.2. The van der Waals surface area contributed by atoms with E-state index in [2.05, 4.69) is 60.1 Å². The Bertz CT molecular complexity index is 1410.